The molecule has 0 aliphatic rings. The van der Waals surface area contributed by atoms with E-state index in [1.165, 1.54) is 19.2 Å². The molecule has 2 rings (SSSR count). The fourth-order valence-corrected chi connectivity index (χ4v) is 1.94. The molecule has 0 radical (unpaired) electrons. The summed E-state index contributed by atoms with van der Waals surface area (Å²) in [5.41, 5.74) is 4.13. The molecule has 0 aliphatic heterocycles. The van der Waals surface area contributed by atoms with Gasteiger partial charge >= 0.3 is 6.09 Å². The highest BCUT2D eigenvalue weighted by Crippen LogP contribution is 2.25. The van der Waals surface area contributed by atoms with Gasteiger partial charge in [0.25, 0.3) is 0 Å². The first-order valence-corrected chi connectivity index (χ1v) is 7.59. The van der Waals surface area contributed by atoms with Gasteiger partial charge in [-0.15, -0.1) is 0 Å². The number of amides is 1. The molecular weight excluding hydrogens is 351 g/mol. The monoisotopic (exact) mass is 366 g/mol. The Kier molecular flexibility index (Phi) is 6.59. The van der Waals surface area contributed by atoms with E-state index in [-0.39, 0.29) is 18.2 Å². The van der Waals surface area contributed by atoms with Gasteiger partial charge in [-0.1, -0.05) is 35.0 Å². The van der Waals surface area contributed by atoms with Gasteiger partial charge in [-0.3, -0.25) is 0 Å². The van der Waals surface area contributed by atoms with Gasteiger partial charge < -0.3 is 14.4 Å². The highest BCUT2D eigenvalue weighted by atomic mass is 35.5. The molecule has 6 nitrogen and oxygen atoms in total. The predicted octanol–water partition coefficient (Wildman–Crippen LogP) is 4.07. The maximum absolute atomic E-state index is 12.8. The van der Waals surface area contributed by atoms with Crippen molar-refractivity contribution in [1.29, 1.82) is 0 Å². The molecule has 2 aromatic carbocycles. The average Bonchev–Trinajstić information content (AvgIpc) is 2.62. The van der Waals surface area contributed by atoms with Gasteiger partial charge in [0.1, 0.15) is 12.4 Å². The quantitative estimate of drug-likeness (QED) is 0.618. The largest absolute Gasteiger partial charge is 0.451 e. The highest BCUT2D eigenvalue weighted by molar-refractivity contribution is 6.32. The second kappa shape index (κ2) is 8.89. The minimum Gasteiger partial charge on any atom is -0.451 e. The zero-order valence-electron chi connectivity index (χ0n) is 13.6. The molecule has 0 saturated carbocycles. The molecular formula is C17H16ClFN2O4. The lowest BCUT2D eigenvalue weighted by Gasteiger charge is -2.09. The van der Waals surface area contributed by atoms with E-state index in [0.29, 0.717) is 16.3 Å². The first-order chi connectivity index (χ1) is 12.0. The predicted molar refractivity (Wildman–Crippen MR) is 91.0 cm³/mol. The molecule has 1 amide bonds. The standard InChI is InChI=1S/C17H16ClFN2O4/c1-11(20-24-10-12-3-6-14(19)7-4-12)13-5-8-15(18)16(9-13)25-21-17(22)23-2/h3-9H,10H2,1-2H3,(H,21,22). The number of hydroxylamine groups is 1. The Labute approximate surface area is 149 Å². The van der Waals surface area contributed by atoms with Gasteiger partial charge in [0.2, 0.25) is 0 Å². The zero-order valence-corrected chi connectivity index (χ0v) is 14.3. The Morgan fingerprint density at radius 1 is 1.24 bits per heavy atom. The third-order valence-corrected chi connectivity index (χ3v) is 3.44. The topological polar surface area (TPSA) is 69.2 Å². The minimum absolute atomic E-state index is 0.207. The minimum atomic E-state index is -0.755. The van der Waals surface area contributed by atoms with E-state index < -0.39 is 6.09 Å². The zero-order chi connectivity index (χ0) is 18.2. The number of ether oxygens (including phenoxy) is 1. The van der Waals surface area contributed by atoms with Crippen LogP contribution in [0.25, 0.3) is 0 Å². The van der Waals surface area contributed by atoms with Crippen LogP contribution >= 0.6 is 11.6 Å². The Bertz CT molecular complexity index is 766. The number of benzene rings is 2. The maximum Gasteiger partial charge on any atom is 0.440 e. The normalized spacial score (nSPS) is 11.0. The van der Waals surface area contributed by atoms with E-state index in [1.54, 1.807) is 37.3 Å². The summed E-state index contributed by atoms with van der Waals surface area (Å²) >= 11 is 6.01. The summed E-state index contributed by atoms with van der Waals surface area (Å²) in [6.07, 6.45) is -0.755. The van der Waals surface area contributed by atoms with E-state index in [1.807, 2.05) is 0 Å². The number of methoxy groups -OCH3 is 1. The number of hydrogen-bond acceptors (Lipinski definition) is 5. The number of halogens is 2. The molecule has 25 heavy (non-hydrogen) atoms. The third kappa shape index (κ3) is 5.65. The van der Waals surface area contributed by atoms with Crippen LogP contribution in [0.15, 0.2) is 47.6 Å². The van der Waals surface area contributed by atoms with Crippen molar-refractivity contribution < 1.29 is 23.6 Å². The fraction of sp³-hybridized carbons (Fsp3) is 0.176. The van der Waals surface area contributed by atoms with Crippen molar-refractivity contribution in [2.45, 2.75) is 13.5 Å². The molecule has 0 aliphatic carbocycles. The summed E-state index contributed by atoms with van der Waals surface area (Å²) in [5, 5.41) is 4.31. The Morgan fingerprint density at radius 3 is 2.64 bits per heavy atom. The Hall–Kier alpha value is -2.80. The van der Waals surface area contributed by atoms with Crippen LogP contribution in [0.5, 0.6) is 5.75 Å². The van der Waals surface area contributed by atoms with Crippen LogP contribution in [0.2, 0.25) is 5.02 Å². The lowest BCUT2D eigenvalue weighted by atomic mass is 10.1. The van der Waals surface area contributed by atoms with Gasteiger partial charge in [-0.25, -0.2) is 9.18 Å². The first-order valence-electron chi connectivity index (χ1n) is 7.21. The van der Waals surface area contributed by atoms with Gasteiger partial charge in [0.15, 0.2) is 5.75 Å². The Balaban J connectivity index is 2.01. The summed E-state index contributed by atoms with van der Waals surface area (Å²) in [5.74, 6) is -0.0738. The molecule has 0 aromatic heterocycles. The molecule has 0 bridgehead atoms. The highest BCUT2D eigenvalue weighted by Gasteiger charge is 2.08. The average molecular weight is 367 g/mol. The summed E-state index contributed by atoms with van der Waals surface area (Å²) < 4.78 is 17.2. The lowest BCUT2D eigenvalue weighted by molar-refractivity contribution is 0.118. The smallest absolute Gasteiger partial charge is 0.440 e. The summed E-state index contributed by atoms with van der Waals surface area (Å²) in [7, 11) is 1.21. The summed E-state index contributed by atoms with van der Waals surface area (Å²) in [4.78, 5) is 21.4. The van der Waals surface area contributed by atoms with E-state index in [2.05, 4.69) is 15.4 Å². The molecule has 2 aromatic rings. The van der Waals surface area contributed by atoms with Crippen LogP contribution in [0.4, 0.5) is 9.18 Å². The summed E-state index contributed by atoms with van der Waals surface area (Å²) in [6.45, 7) is 1.95. The van der Waals surface area contributed by atoms with Gasteiger partial charge in [0.05, 0.1) is 17.8 Å². The molecule has 0 atom stereocenters. The summed E-state index contributed by atoms with van der Waals surface area (Å²) in [6, 6.07) is 10.9. The van der Waals surface area contributed by atoms with E-state index in [0.717, 1.165) is 5.56 Å². The number of nitrogens with zero attached hydrogens (tertiary/aromatic N) is 1. The van der Waals surface area contributed by atoms with Crippen LogP contribution < -0.4 is 10.3 Å². The van der Waals surface area contributed by atoms with Gasteiger partial charge in [0, 0.05) is 5.56 Å². The van der Waals surface area contributed by atoms with Crippen molar-refractivity contribution in [1.82, 2.24) is 5.48 Å². The van der Waals surface area contributed by atoms with Crippen molar-refractivity contribution in [2.75, 3.05) is 7.11 Å². The SMILES string of the molecule is COC(=O)NOc1cc(C(C)=NOCc2ccc(F)cc2)ccc1Cl. The molecule has 1 N–H and O–H groups in total. The molecule has 132 valence electrons. The molecule has 0 fully saturated rings. The molecule has 0 saturated heterocycles. The second-order valence-electron chi connectivity index (χ2n) is 4.92. The van der Waals surface area contributed by atoms with Crippen molar-refractivity contribution in [3.8, 4) is 5.75 Å². The number of rotatable bonds is 6. The molecule has 0 unspecified atom stereocenters. The van der Waals surface area contributed by atoms with Gasteiger partial charge in [-0.2, -0.15) is 5.48 Å². The van der Waals surface area contributed by atoms with Crippen molar-refractivity contribution in [2.24, 2.45) is 5.16 Å². The van der Waals surface area contributed by atoms with E-state index >= 15 is 0 Å². The van der Waals surface area contributed by atoms with Crippen LogP contribution in [-0.2, 0) is 16.2 Å². The number of oxime groups is 1. The lowest BCUT2D eigenvalue weighted by Crippen LogP contribution is -2.26. The molecule has 0 heterocycles. The Morgan fingerprint density at radius 2 is 1.96 bits per heavy atom. The van der Waals surface area contributed by atoms with Crippen molar-refractivity contribution >= 4 is 23.4 Å². The van der Waals surface area contributed by atoms with Crippen LogP contribution in [-0.4, -0.2) is 18.9 Å². The second-order valence-corrected chi connectivity index (χ2v) is 5.32. The van der Waals surface area contributed by atoms with E-state index in [4.69, 9.17) is 21.3 Å². The van der Waals surface area contributed by atoms with Crippen LogP contribution in [0.1, 0.15) is 18.1 Å². The third-order valence-electron chi connectivity index (χ3n) is 3.12. The molecule has 0 spiro atoms. The first kappa shape index (κ1) is 18.5. The van der Waals surface area contributed by atoms with Gasteiger partial charge in [-0.05, 0) is 36.8 Å². The number of carbonyl (C=O) groups excluding carboxylic acids is 1. The number of carbonyl (C=O) groups is 1. The number of nitrogens with one attached hydrogen (secondary N) is 1. The fourth-order valence-electron chi connectivity index (χ4n) is 1.78. The van der Waals surface area contributed by atoms with E-state index in [9.17, 15) is 9.18 Å². The van der Waals surface area contributed by atoms with Crippen molar-refractivity contribution in [3.05, 3.63) is 64.4 Å². The van der Waals surface area contributed by atoms with Crippen LogP contribution in [0, 0.1) is 5.82 Å². The molecule has 8 heteroatoms. The van der Waals surface area contributed by atoms with Crippen molar-refractivity contribution in [3.63, 3.8) is 0 Å². The maximum atomic E-state index is 12.8. The van der Waals surface area contributed by atoms with Crippen LogP contribution in [0.3, 0.4) is 0 Å². The number of hydrogen-bond donors (Lipinski definition) is 1.